The standard InChI is InChI=1S/C8H18N2O2/c1-9-7-8(11)12-6-4-5-10(2)3/h9H,4-7H2,1-3H3. The van der Waals surface area contributed by atoms with Crippen molar-refractivity contribution in [3.8, 4) is 0 Å². The molecule has 0 rings (SSSR count). The zero-order valence-corrected chi connectivity index (χ0v) is 8.09. The second-order valence-corrected chi connectivity index (χ2v) is 2.91. The lowest BCUT2D eigenvalue weighted by Crippen LogP contribution is -2.22. The summed E-state index contributed by atoms with van der Waals surface area (Å²) < 4.78 is 4.90. The third-order valence-electron chi connectivity index (χ3n) is 1.33. The number of hydrogen-bond donors (Lipinski definition) is 1. The van der Waals surface area contributed by atoms with E-state index in [-0.39, 0.29) is 5.97 Å². The van der Waals surface area contributed by atoms with Crippen LogP contribution in [0.5, 0.6) is 0 Å². The van der Waals surface area contributed by atoms with Crippen LogP contribution < -0.4 is 5.32 Å². The average molecular weight is 174 g/mol. The number of nitrogens with one attached hydrogen (secondary N) is 1. The highest BCUT2D eigenvalue weighted by molar-refractivity contribution is 5.71. The Morgan fingerprint density at radius 2 is 2.17 bits per heavy atom. The Hall–Kier alpha value is -0.610. The van der Waals surface area contributed by atoms with Crippen LogP contribution in [0.3, 0.4) is 0 Å². The maximum atomic E-state index is 10.8. The SMILES string of the molecule is CNCC(=O)OCCCN(C)C. The Morgan fingerprint density at radius 1 is 1.50 bits per heavy atom. The van der Waals surface area contributed by atoms with Gasteiger partial charge in [0.15, 0.2) is 0 Å². The van der Waals surface area contributed by atoms with E-state index in [1.807, 2.05) is 14.1 Å². The van der Waals surface area contributed by atoms with Gasteiger partial charge < -0.3 is 15.0 Å². The Labute approximate surface area is 73.9 Å². The average Bonchev–Trinajstić information content (AvgIpc) is 1.98. The molecule has 0 aromatic carbocycles. The lowest BCUT2D eigenvalue weighted by molar-refractivity contribution is -0.142. The number of likely N-dealkylation sites (N-methyl/N-ethyl adjacent to an activating group) is 1. The molecule has 0 aliphatic rings. The van der Waals surface area contributed by atoms with Gasteiger partial charge in [0.2, 0.25) is 0 Å². The molecule has 0 bridgehead atoms. The van der Waals surface area contributed by atoms with Crippen molar-refractivity contribution >= 4 is 5.97 Å². The van der Waals surface area contributed by atoms with Gasteiger partial charge in [-0.1, -0.05) is 0 Å². The number of carbonyl (C=O) groups excluding carboxylic acids is 1. The molecular formula is C8H18N2O2. The first-order chi connectivity index (χ1) is 5.66. The molecule has 0 heterocycles. The van der Waals surface area contributed by atoms with Crippen LogP contribution in [0.15, 0.2) is 0 Å². The number of ether oxygens (including phenoxy) is 1. The number of rotatable bonds is 6. The van der Waals surface area contributed by atoms with Crippen molar-refractivity contribution in [3.63, 3.8) is 0 Å². The molecule has 0 spiro atoms. The fourth-order valence-electron chi connectivity index (χ4n) is 0.762. The maximum Gasteiger partial charge on any atom is 0.319 e. The summed E-state index contributed by atoms with van der Waals surface area (Å²) in [5.74, 6) is -0.184. The van der Waals surface area contributed by atoms with Crippen LogP contribution in [0.2, 0.25) is 0 Å². The summed E-state index contributed by atoms with van der Waals surface area (Å²) in [6.07, 6.45) is 0.891. The molecule has 12 heavy (non-hydrogen) atoms. The van der Waals surface area contributed by atoms with Gasteiger partial charge in [0.05, 0.1) is 13.2 Å². The molecule has 0 atom stereocenters. The Morgan fingerprint density at radius 3 is 2.67 bits per heavy atom. The highest BCUT2D eigenvalue weighted by Gasteiger charge is 1.99. The van der Waals surface area contributed by atoms with Gasteiger partial charge in [-0.05, 0) is 27.6 Å². The molecule has 0 unspecified atom stereocenters. The van der Waals surface area contributed by atoms with Gasteiger partial charge in [0.1, 0.15) is 0 Å². The molecule has 0 amide bonds. The Balaban J connectivity index is 3.14. The first-order valence-corrected chi connectivity index (χ1v) is 4.11. The van der Waals surface area contributed by atoms with Crippen molar-refractivity contribution in [3.05, 3.63) is 0 Å². The van der Waals surface area contributed by atoms with Crippen LogP contribution in [0.4, 0.5) is 0 Å². The number of esters is 1. The van der Waals surface area contributed by atoms with Crippen LogP contribution in [-0.4, -0.2) is 51.7 Å². The van der Waals surface area contributed by atoms with Crippen molar-refractivity contribution in [2.45, 2.75) is 6.42 Å². The first kappa shape index (κ1) is 11.4. The van der Waals surface area contributed by atoms with Crippen molar-refractivity contribution in [1.82, 2.24) is 10.2 Å². The van der Waals surface area contributed by atoms with Crippen LogP contribution in [0.1, 0.15) is 6.42 Å². The lowest BCUT2D eigenvalue weighted by Gasteiger charge is -2.09. The van der Waals surface area contributed by atoms with E-state index in [1.165, 1.54) is 0 Å². The molecule has 4 nitrogen and oxygen atoms in total. The van der Waals surface area contributed by atoms with E-state index in [9.17, 15) is 4.79 Å². The van der Waals surface area contributed by atoms with E-state index in [0.29, 0.717) is 13.2 Å². The van der Waals surface area contributed by atoms with Crippen LogP contribution in [0, 0.1) is 0 Å². The smallest absolute Gasteiger partial charge is 0.319 e. The largest absolute Gasteiger partial charge is 0.465 e. The minimum absolute atomic E-state index is 0.184. The third-order valence-corrected chi connectivity index (χ3v) is 1.33. The molecule has 0 aromatic rings. The summed E-state index contributed by atoms with van der Waals surface area (Å²) in [7, 11) is 5.71. The molecule has 72 valence electrons. The van der Waals surface area contributed by atoms with Crippen molar-refractivity contribution in [1.29, 1.82) is 0 Å². The zero-order valence-electron chi connectivity index (χ0n) is 8.09. The fraction of sp³-hybridized carbons (Fsp3) is 0.875. The minimum atomic E-state index is -0.184. The summed E-state index contributed by atoms with van der Waals surface area (Å²) in [6, 6.07) is 0. The minimum Gasteiger partial charge on any atom is -0.465 e. The van der Waals surface area contributed by atoms with Crippen molar-refractivity contribution < 1.29 is 9.53 Å². The monoisotopic (exact) mass is 174 g/mol. The quantitative estimate of drug-likeness (QED) is 0.443. The summed E-state index contributed by atoms with van der Waals surface area (Å²) >= 11 is 0. The molecule has 0 saturated heterocycles. The first-order valence-electron chi connectivity index (χ1n) is 4.11. The molecular weight excluding hydrogens is 156 g/mol. The van der Waals surface area contributed by atoms with Gasteiger partial charge >= 0.3 is 5.97 Å². The fourth-order valence-corrected chi connectivity index (χ4v) is 0.762. The van der Waals surface area contributed by atoms with Gasteiger partial charge in [-0.3, -0.25) is 4.79 Å². The van der Waals surface area contributed by atoms with Crippen LogP contribution >= 0.6 is 0 Å². The summed E-state index contributed by atoms with van der Waals surface area (Å²) in [5.41, 5.74) is 0. The van der Waals surface area contributed by atoms with Gasteiger partial charge in [0.25, 0.3) is 0 Å². The van der Waals surface area contributed by atoms with E-state index in [1.54, 1.807) is 7.05 Å². The molecule has 1 N–H and O–H groups in total. The van der Waals surface area contributed by atoms with Gasteiger partial charge in [0, 0.05) is 6.54 Å². The lowest BCUT2D eigenvalue weighted by atomic mass is 10.4. The summed E-state index contributed by atoms with van der Waals surface area (Å²) in [6.45, 7) is 1.76. The molecule has 0 fully saturated rings. The summed E-state index contributed by atoms with van der Waals surface area (Å²) in [5, 5.41) is 2.73. The topological polar surface area (TPSA) is 41.6 Å². The molecule has 0 aromatic heterocycles. The van der Waals surface area contributed by atoms with E-state index in [0.717, 1.165) is 13.0 Å². The van der Waals surface area contributed by atoms with Crippen molar-refractivity contribution in [2.24, 2.45) is 0 Å². The number of nitrogens with zero attached hydrogens (tertiary/aromatic N) is 1. The molecule has 0 radical (unpaired) electrons. The van der Waals surface area contributed by atoms with Crippen LogP contribution in [-0.2, 0) is 9.53 Å². The Bertz CT molecular complexity index is 126. The van der Waals surface area contributed by atoms with E-state index in [4.69, 9.17) is 4.74 Å². The normalized spacial score (nSPS) is 10.3. The number of carbonyl (C=O) groups is 1. The Kier molecular flexibility index (Phi) is 6.70. The van der Waals surface area contributed by atoms with Gasteiger partial charge in [-0.25, -0.2) is 0 Å². The number of hydrogen-bond acceptors (Lipinski definition) is 4. The predicted octanol–water partition coefficient (Wildman–Crippen LogP) is -0.299. The molecule has 4 heteroatoms. The second-order valence-electron chi connectivity index (χ2n) is 2.91. The predicted molar refractivity (Wildman–Crippen MR) is 48.1 cm³/mol. The summed E-state index contributed by atoms with van der Waals surface area (Å²) in [4.78, 5) is 12.9. The zero-order chi connectivity index (χ0) is 9.40. The molecule has 0 saturated carbocycles. The highest BCUT2D eigenvalue weighted by atomic mass is 16.5. The van der Waals surface area contributed by atoms with E-state index < -0.39 is 0 Å². The van der Waals surface area contributed by atoms with Gasteiger partial charge in [-0.2, -0.15) is 0 Å². The molecule has 0 aliphatic carbocycles. The molecule has 0 aliphatic heterocycles. The third kappa shape index (κ3) is 7.50. The van der Waals surface area contributed by atoms with Crippen LogP contribution in [0.25, 0.3) is 0 Å². The van der Waals surface area contributed by atoms with Gasteiger partial charge in [-0.15, -0.1) is 0 Å². The highest BCUT2D eigenvalue weighted by Crippen LogP contribution is 1.85. The van der Waals surface area contributed by atoms with E-state index in [2.05, 4.69) is 10.2 Å². The van der Waals surface area contributed by atoms with Crippen molar-refractivity contribution in [2.75, 3.05) is 40.8 Å². The van der Waals surface area contributed by atoms with E-state index >= 15 is 0 Å². The second kappa shape index (κ2) is 7.06. The maximum absolute atomic E-state index is 10.8.